The second-order valence-electron chi connectivity index (χ2n) is 6.06. The van der Waals surface area contributed by atoms with E-state index in [2.05, 4.69) is 10.6 Å². The molecule has 0 spiro atoms. The monoisotopic (exact) mass is 336 g/mol. The smallest absolute Gasteiger partial charge is 0.321 e. The summed E-state index contributed by atoms with van der Waals surface area (Å²) in [6, 6.07) is 5.69. The van der Waals surface area contributed by atoms with Gasteiger partial charge in [0.1, 0.15) is 5.82 Å². The summed E-state index contributed by atoms with van der Waals surface area (Å²) < 4.78 is 13.6. The number of carbonyl (C=O) groups is 2. The Morgan fingerprint density at radius 2 is 2.12 bits per heavy atom. The van der Waals surface area contributed by atoms with Gasteiger partial charge in [0.2, 0.25) is 5.91 Å². The zero-order chi connectivity index (χ0) is 17.5. The molecule has 0 aliphatic carbocycles. The van der Waals surface area contributed by atoms with Gasteiger partial charge in [0, 0.05) is 33.2 Å². The van der Waals surface area contributed by atoms with Gasteiger partial charge in [-0.25, -0.2) is 9.18 Å². The van der Waals surface area contributed by atoms with E-state index in [1.807, 2.05) is 7.05 Å². The van der Waals surface area contributed by atoms with Crippen LogP contribution < -0.4 is 10.6 Å². The van der Waals surface area contributed by atoms with Crippen molar-refractivity contribution in [2.45, 2.75) is 12.8 Å². The van der Waals surface area contributed by atoms with Crippen LogP contribution in [0.4, 0.5) is 14.9 Å². The van der Waals surface area contributed by atoms with Crippen molar-refractivity contribution in [2.75, 3.05) is 45.6 Å². The molecule has 0 aromatic heterocycles. The molecule has 1 aliphatic heterocycles. The topological polar surface area (TPSA) is 64.7 Å². The number of likely N-dealkylation sites (N-methyl/N-ethyl adjacent to an activating group) is 2. The Balaban J connectivity index is 1.93. The van der Waals surface area contributed by atoms with Crippen molar-refractivity contribution in [1.82, 2.24) is 15.1 Å². The summed E-state index contributed by atoms with van der Waals surface area (Å²) in [5, 5.41) is 5.59. The number of piperidine rings is 1. The predicted octanol–water partition coefficient (Wildman–Crippen LogP) is 1.75. The fourth-order valence-corrected chi connectivity index (χ4v) is 2.82. The molecule has 1 unspecified atom stereocenters. The van der Waals surface area contributed by atoms with Crippen molar-refractivity contribution in [2.24, 2.45) is 5.92 Å². The van der Waals surface area contributed by atoms with Crippen LogP contribution in [0.2, 0.25) is 0 Å². The van der Waals surface area contributed by atoms with Crippen LogP contribution in [0.1, 0.15) is 12.8 Å². The van der Waals surface area contributed by atoms with Crippen LogP contribution in [-0.2, 0) is 4.79 Å². The molecule has 132 valence electrons. The first-order valence-corrected chi connectivity index (χ1v) is 8.23. The highest BCUT2D eigenvalue weighted by molar-refractivity contribution is 5.90. The van der Waals surface area contributed by atoms with Crippen molar-refractivity contribution < 1.29 is 14.0 Å². The maximum absolute atomic E-state index is 13.6. The van der Waals surface area contributed by atoms with E-state index in [0.29, 0.717) is 19.6 Å². The lowest BCUT2D eigenvalue weighted by molar-refractivity contribution is -0.135. The zero-order valence-electron chi connectivity index (χ0n) is 14.2. The van der Waals surface area contributed by atoms with Crippen molar-refractivity contribution >= 4 is 17.6 Å². The molecule has 2 N–H and O–H groups in total. The number of likely N-dealkylation sites (tertiary alicyclic amines) is 1. The Kier molecular flexibility index (Phi) is 6.54. The van der Waals surface area contributed by atoms with Gasteiger partial charge >= 0.3 is 6.03 Å². The molecule has 0 saturated carbocycles. The predicted molar refractivity (Wildman–Crippen MR) is 91.3 cm³/mol. The van der Waals surface area contributed by atoms with Gasteiger partial charge in [-0.15, -0.1) is 0 Å². The molecule has 2 rings (SSSR count). The van der Waals surface area contributed by atoms with Crippen molar-refractivity contribution in [3.8, 4) is 0 Å². The van der Waals surface area contributed by atoms with Gasteiger partial charge in [0.05, 0.1) is 11.6 Å². The molecule has 1 aliphatic rings. The van der Waals surface area contributed by atoms with Crippen LogP contribution in [0, 0.1) is 11.7 Å². The summed E-state index contributed by atoms with van der Waals surface area (Å²) >= 11 is 0. The first-order valence-electron chi connectivity index (χ1n) is 8.23. The number of amides is 3. The lowest BCUT2D eigenvalue weighted by Crippen LogP contribution is -2.48. The number of benzene rings is 1. The number of hydrogen-bond acceptors (Lipinski definition) is 3. The number of para-hydroxylation sites is 1. The first-order chi connectivity index (χ1) is 11.5. The number of nitrogens with one attached hydrogen (secondary N) is 2. The molecule has 24 heavy (non-hydrogen) atoms. The van der Waals surface area contributed by atoms with E-state index >= 15 is 0 Å². The van der Waals surface area contributed by atoms with Crippen molar-refractivity contribution in [3.05, 3.63) is 30.1 Å². The summed E-state index contributed by atoms with van der Waals surface area (Å²) in [6.07, 6.45) is 1.53. The fourth-order valence-electron chi connectivity index (χ4n) is 2.82. The Morgan fingerprint density at radius 3 is 2.83 bits per heavy atom. The number of anilines is 1. The Labute approximate surface area is 142 Å². The molecule has 1 saturated heterocycles. The Morgan fingerprint density at radius 1 is 1.38 bits per heavy atom. The summed E-state index contributed by atoms with van der Waals surface area (Å²) in [6.45, 7) is 2.30. The molecular weight excluding hydrogens is 311 g/mol. The maximum atomic E-state index is 13.6. The van der Waals surface area contributed by atoms with Crippen LogP contribution >= 0.6 is 0 Å². The van der Waals surface area contributed by atoms with E-state index in [9.17, 15) is 14.0 Å². The number of rotatable bonds is 5. The minimum Gasteiger partial charge on any atom is -0.344 e. The van der Waals surface area contributed by atoms with E-state index in [1.165, 1.54) is 12.1 Å². The standard InChI is InChI=1S/C17H25FN4O2/c1-19-9-11-21(2)16(23)13-6-5-10-22(12-13)17(24)20-15-8-4-3-7-14(15)18/h3-4,7-8,13,19H,5-6,9-12H2,1-2H3,(H,20,24). The molecule has 3 amide bonds. The third-order valence-electron chi connectivity index (χ3n) is 4.25. The van der Waals surface area contributed by atoms with Gasteiger partial charge in [0.25, 0.3) is 0 Å². The molecule has 0 radical (unpaired) electrons. The first kappa shape index (κ1) is 18.2. The van der Waals surface area contributed by atoms with Gasteiger partial charge in [-0.05, 0) is 32.0 Å². The molecular formula is C17H25FN4O2. The van der Waals surface area contributed by atoms with Crippen molar-refractivity contribution in [3.63, 3.8) is 0 Å². The normalized spacial score (nSPS) is 17.5. The summed E-state index contributed by atoms with van der Waals surface area (Å²) in [5.74, 6) is -0.622. The minimum absolute atomic E-state index is 0.0497. The zero-order valence-corrected chi connectivity index (χ0v) is 14.2. The summed E-state index contributed by atoms with van der Waals surface area (Å²) in [7, 11) is 3.62. The number of halogens is 1. The Hall–Kier alpha value is -2.15. The van der Waals surface area contributed by atoms with Crippen LogP contribution in [0.3, 0.4) is 0 Å². The number of urea groups is 1. The quantitative estimate of drug-likeness (QED) is 0.861. The third-order valence-corrected chi connectivity index (χ3v) is 4.25. The highest BCUT2D eigenvalue weighted by Gasteiger charge is 2.30. The third kappa shape index (κ3) is 4.67. The lowest BCUT2D eigenvalue weighted by atomic mass is 9.97. The number of carbonyl (C=O) groups excluding carboxylic acids is 2. The van der Waals surface area contributed by atoms with Crippen LogP contribution in [0.25, 0.3) is 0 Å². The van der Waals surface area contributed by atoms with Crippen LogP contribution in [0.5, 0.6) is 0 Å². The molecule has 6 nitrogen and oxygen atoms in total. The van der Waals surface area contributed by atoms with E-state index in [1.54, 1.807) is 29.0 Å². The van der Waals surface area contributed by atoms with Crippen LogP contribution in [-0.4, -0.2) is 62.0 Å². The lowest BCUT2D eigenvalue weighted by Gasteiger charge is -2.34. The van der Waals surface area contributed by atoms with Crippen LogP contribution in [0.15, 0.2) is 24.3 Å². The molecule has 1 fully saturated rings. The second-order valence-corrected chi connectivity index (χ2v) is 6.06. The second kappa shape index (κ2) is 8.63. The fraction of sp³-hybridized carbons (Fsp3) is 0.529. The van der Waals surface area contributed by atoms with E-state index in [0.717, 1.165) is 19.4 Å². The maximum Gasteiger partial charge on any atom is 0.321 e. The number of nitrogens with zero attached hydrogens (tertiary/aromatic N) is 2. The van der Waals surface area contributed by atoms with Gasteiger partial charge in [-0.2, -0.15) is 0 Å². The SMILES string of the molecule is CNCCN(C)C(=O)C1CCCN(C(=O)Nc2ccccc2F)C1. The average molecular weight is 336 g/mol. The van der Waals surface area contributed by atoms with Crippen molar-refractivity contribution in [1.29, 1.82) is 0 Å². The summed E-state index contributed by atoms with van der Waals surface area (Å²) in [4.78, 5) is 28.1. The average Bonchev–Trinajstić information content (AvgIpc) is 2.61. The minimum atomic E-state index is -0.470. The van der Waals surface area contributed by atoms with Gasteiger partial charge in [-0.1, -0.05) is 12.1 Å². The van der Waals surface area contributed by atoms with E-state index < -0.39 is 5.82 Å². The highest BCUT2D eigenvalue weighted by atomic mass is 19.1. The van der Waals surface area contributed by atoms with Gasteiger partial charge in [0.15, 0.2) is 0 Å². The molecule has 1 aromatic carbocycles. The van der Waals surface area contributed by atoms with Gasteiger partial charge < -0.3 is 20.4 Å². The molecule has 7 heteroatoms. The summed E-state index contributed by atoms with van der Waals surface area (Å²) in [5.41, 5.74) is 0.155. The van der Waals surface area contributed by atoms with E-state index in [4.69, 9.17) is 0 Å². The molecule has 1 aromatic rings. The molecule has 1 atom stereocenters. The molecule has 1 heterocycles. The highest BCUT2D eigenvalue weighted by Crippen LogP contribution is 2.20. The Bertz CT molecular complexity index is 581. The van der Waals surface area contributed by atoms with Gasteiger partial charge in [-0.3, -0.25) is 4.79 Å². The van der Waals surface area contributed by atoms with E-state index in [-0.39, 0.29) is 23.5 Å². The molecule has 0 bridgehead atoms. The number of hydrogen-bond donors (Lipinski definition) is 2. The largest absolute Gasteiger partial charge is 0.344 e.